The van der Waals surface area contributed by atoms with E-state index in [0.717, 1.165) is 29.3 Å². The third kappa shape index (κ3) is 3.19. The zero-order chi connectivity index (χ0) is 17.2. The fourth-order valence-corrected chi connectivity index (χ4v) is 2.67. The van der Waals surface area contributed by atoms with Crippen LogP contribution in [0.25, 0.3) is 22.2 Å². The highest BCUT2D eigenvalue weighted by Gasteiger charge is 2.29. The SMILES string of the molecule is O=C(NNC(=O)C1CC1)c1cc(-c2ccncc2)nc2ccccc12. The van der Waals surface area contributed by atoms with Crippen molar-refractivity contribution in [2.45, 2.75) is 12.8 Å². The zero-order valence-electron chi connectivity index (χ0n) is 13.4. The molecular weight excluding hydrogens is 316 g/mol. The molecule has 2 amide bonds. The van der Waals surface area contributed by atoms with Gasteiger partial charge < -0.3 is 0 Å². The first-order valence-corrected chi connectivity index (χ1v) is 8.13. The monoisotopic (exact) mass is 332 g/mol. The molecule has 0 radical (unpaired) electrons. The Morgan fingerprint density at radius 2 is 1.76 bits per heavy atom. The lowest BCUT2D eigenvalue weighted by Crippen LogP contribution is -2.42. The number of hydrogen-bond donors (Lipinski definition) is 2. The Kier molecular flexibility index (Phi) is 3.85. The van der Waals surface area contributed by atoms with Gasteiger partial charge in [-0.3, -0.25) is 25.4 Å². The normalized spacial score (nSPS) is 13.4. The van der Waals surface area contributed by atoms with Crippen molar-refractivity contribution in [1.82, 2.24) is 20.8 Å². The number of amides is 2. The number of nitrogens with zero attached hydrogens (tertiary/aromatic N) is 2. The summed E-state index contributed by atoms with van der Waals surface area (Å²) in [6.45, 7) is 0. The predicted molar refractivity (Wildman–Crippen MR) is 93.3 cm³/mol. The van der Waals surface area contributed by atoms with E-state index in [9.17, 15) is 9.59 Å². The molecule has 25 heavy (non-hydrogen) atoms. The molecule has 6 nitrogen and oxygen atoms in total. The van der Waals surface area contributed by atoms with Crippen LogP contribution in [0.2, 0.25) is 0 Å². The largest absolute Gasteiger partial charge is 0.273 e. The number of fused-ring (bicyclic) bond motifs is 1. The minimum atomic E-state index is -0.358. The molecule has 4 rings (SSSR count). The van der Waals surface area contributed by atoms with Gasteiger partial charge in [0.2, 0.25) is 5.91 Å². The van der Waals surface area contributed by atoms with E-state index in [1.165, 1.54) is 0 Å². The van der Waals surface area contributed by atoms with Gasteiger partial charge in [0.1, 0.15) is 0 Å². The molecule has 2 N–H and O–H groups in total. The maximum absolute atomic E-state index is 12.6. The first-order chi connectivity index (χ1) is 12.2. The lowest BCUT2D eigenvalue weighted by atomic mass is 10.0. The summed E-state index contributed by atoms with van der Waals surface area (Å²) < 4.78 is 0. The molecule has 1 saturated carbocycles. The summed E-state index contributed by atoms with van der Waals surface area (Å²) in [5.74, 6) is -0.467. The number of hydrazine groups is 1. The number of rotatable bonds is 3. The second kappa shape index (κ2) is 6.32. The van der Waals surface area contributed by atoms with Crippen LogP contribution in [0.3, 0.4) is 0 Å². The Hall–Kier alpha value is -3.28. The molecule has 1 aromatic carbocycles. The molecule has 124 valence electrons. The van der Waals surface area contributed by atoms with Crippen LogP contribution in [-0.2, 0) is 4.79 Å². The lowest BCUT2D eigenvalue weighted by Gasteiger charge is -2.11. The van der Waals surface area contributed by atoms with Gasteiger partial charge in [-0.1, -0.05) is 18.2 Å². The van der Waals surface area contributed by atoms with Crippen molar-refractivity contribution < 1.29 is 9.59 Å². The van der Waals surface area contributed by atoms with Crippen LogP contribution in [0.5, 0.6) is 0 Å². The van der Waals surface area contributed by atoms with Crippen LogP contribution in [0.4, 0.5) is 0 Å². The van der Waals surface area contributed by atoms with E-state index in [0.29, 0.717) is 11.3 Å². The standard InChI is InChI=1S/C19H16N4O2/c24-18(13-5-6-13)22-23-19(25)15-11-17(12-7-9-20-10-8-12)21-16-4-2-1-3-14(15)16/h1-4,7-11,13H,5-6H2,(H,22,24)(H,23,25). The Bertz CT molecular complexity index is 952. The van der Waals surface area contributed by atoms with E-state index in [-0.39, 0.29) is 17.7 Å². The van der Waals surface area contributed by atoms with E-state index < -0.39 is 0 Å². The molecule has 6 heteroatoms. The van der Waals surface area contributed by atoms with Gasteiger partial charge in [-0.2, -0.15) is 0 Å². The maximum atomic E-state index is 12.6. The van der Waals surface area contributed by atoms with Gasteiger partial charge >= 0.3 is 0 Å². The molecule has 2 heterocycles. The summed E-state index contributed by atoms with van der Waals surface area (Å²) in [4.78, 5) is 33.0. The topological polar surface area (TPSA) is 84.0 Å². The van der Waals surface area contributed by atoms with Crippen LogP contribution >= 0.6 is 0 Å². The van der Waals surface area contributed by atoms with Gasteiger partial charge in [0, 0.05) is 29.3 Å². The number of benzene rings is 1. The minimum absolute atomic E-state index is 0.0295. The molecule has 3 aromatic rings. The fraction of sp³-hybridized carbons (Fsp3) is 0.158. The van der Waals surface area contributed by atoms with Crippen molar-refractivity contribution in [1.29, 1.82) is 0 Å². The number of para-hydroxylation sites is 1. The summed E-state index contributed by atoms with van der Waals surface area (Å²) in [6.07, 6.45) is 5.13. The molecule has 1 fully saturated rings. The van der Waals surface area contributed by atoms with Crippen molar-refractivity contribution >= 4 is 22.7 Å². The molecule has 2 aromatic heterocycles. The number of pyridine rings is 2. The van der Waals surface area contributed by atoms with E-state index in [4.69, 9.17) is 0 Å². The number of nitrogens with one attached hydrogen (secondary N) is 2. The van der Waals surface area contributed by atoms with Gasteiger partial charge in [0.25, 0.3) is 5.91 Å². The number of carbonyl (C=O) groups is 2. The molecule has 0 bridgehead atoms. The molecule has 0 atom stereocenters. The quantitative estimate of drug-likeness (QED) is 0.722. The third-order valence-electron chi connectivity index (χ3n) is 4.18. The Balaban J connectivity index is 1.70. The van der Waals surface area contributed by atoms with Crippen molar-refractivity contribution in [2.75, 3.05) is 0 Å². The zero-order valence-corrected chi connectivity index (χ0v) is 13.4. The number of aromatic nitrogens is 2. The van der Waals surface area contributed by atoms with Gasteiger partial charge in [-0.05, 0) is 37.1 Å². The first kappa shape index (κ1) is 15.3. The Morgan fingerprint density at radius 1 is 1.00 bits per heavy atom. The molecule has 1 aliphatic carbocycles. The highest BCUT2D eigenvalue weighted by molar-refractivity contribution is 6.07. The summed E-state index contributed by atoms with van der Waals surface area (Å²) in [7, 11) is 0. The van der Waals surface area contributed by atoms with Gasteiger partial charge in [-0.25, -0.2) is 4.98 Å². The van der Waals surface area contributed by atoms with Crippen molar-refractivity contribution in [2.24, 2.45) is 5.92 Å². The van der Waals surface area contributed by atoms with Crippen LogP contribution in [0.1, 0.15) is 23.2 Å². The van der Waals surface area contributed by atoms with Crippen molar-refractivity contribution in [3.8, 4) is 11.3 Å². The Morgan fingerprint density at radius 3 is 2.52 bits per heavy atom. The van der Waals surface area contributed by atoms with E-state index >= 15 is 0 Å². The first-order valence-electron chi connectivity index (χ1n) is 8.13. The number of hydrogen-bond acceptors (Lipinski definition) is 4. The maximum Gasteiger partial charge on any atom is 0.270 e. The van der Waals surface area contributed by atoms with Crippen LogP contribution in [0.15, 0.2) is 54.9 Å². The summed E-state index contributed by atoms with van der Waals surface area (Å²) >= 11 is 0. The second-order valence-corrected chi connectivity index (χ2v) is 6.03. The number of carbonyl (C=O) groups excluding carboxylic acids is 2. The van der Waals surface area contributed by atoms with Gasteiger partial charge in [-0.15, -0.1) is 0 Å². The van der Waals surface area contributed by atoms with Crippen LogP contribution in [-0.4, -0.2) is 21.8 Å². The fourth-order valence-electron chi connectivity index (χ4n) is 2.67. The molecular formula is C19H16N4O2. The average Bonchev–Trinajstić information content (AvgIpc) is 3.51. The van der Waals surface area contributed by atoms with E-state index in [1.54, 1.807) is 18.5 Å². The molecule has 0 aliphatic heterocycles. The summed E-state index contributed by atoms with van der Waals surface area (Å²) in [5.41, 5.74) is 7.75. The third-order valence-corrected chi connectivity index (χ3v) is 4.18. The van der Waals surface area contributed by atoms with E-state index in [1.807, 2.05) is 36.4 Å². The molecule has 0 unspecified atom stereocenters. The van der Waals surface area contributed by atoms with Crippen molar-refractivity contribution in [3.05, 3.63) is 60.4 Å². The summed E-state index contributed by atoms with van der Waals surface area (Å²) in [5, 5.41) is 0.735. The highest BCUT2D eigenvalue weighted by atomic mass is 16.2. The second-order valence-electron chi connectivity index (χ2n) is 6.03. The van der Waals surface area contributed by atoms with Crippen molar-refractivity contribution in [3.63, 3.8) is 0 Å². The van der Waals surface area contributed by atoms with Gasteiger partial charge in [0.05, 0.1) is 16.8 Å². The van der Waals surface area contributed by atoms with E-state index in [2.05, 4.69) is 20.8 Å². The van der Waals surface area contributed by atoms with Crippen LogP contribution in [0, 0.1) is 5.92 Å². The smallest absolute Gasteiger partial charge is 0.270 e. The lowest BCUT2D eigenvalue weighted by molar-refractivity contribution is -0.123. The summed E-state index contributed by atoms with van der Waals surface area (Å²) in [6, 6.07) is 12.9. The highest BCUT2D eigenvalue weighted by Crippen LogP contribution is 2.28. The molecule has 0 spiro atoms. The molecule has 0 saturated heterocycles. The predicted octanol–water partition coefficient (Wildman–Crippen LogP) is 2.47. The van der Waals surface area contributed by atoms with Gasteiger partial charge in [0.15, 0.2) is 0 Å². The minimum Gasteiger partial charge on any atom is -0.273 e. The molecule has 1 aliphatic rings. The van der Waals surface area contributed by atoms with Crippen LogP contribution < -0.4 is 10.9 Å². The average molecular weight is 332 g/mol. The Labute approximate surface area is 144 Å².